The van der Waals surface area contributed by atoms with Crippen molar-refractivity contribution in [2.24, 2.45) is 10.7 Å². The summed E-state index contributed by atoms with van der Waals surface area (Å²) in [4.78, 5) is 11.7. The predicted molar refractivity (Wildman–Crippen MR) is 68.2 cm³/mol. The Kier molecular flexibility index (Phi) is 3.38. The summed E-state index contributed by atoms with van der Waals surface area (Å²) in [6.07, 6.45) is 2.73. The van der Waals surface area contributed by atoms with Gasteiger partial charge >= 0.3 is 0 Å². The van der Waals surface area contributed by atoms with Crippen molar-refractivity contribution in [3.05, 3.63) is 47.3 Å². The number of benzene rings is 1. The van der Waals surface area contributed by atoms with Crippen molar-refractivity contribution in [1.82, 2.24) is 9.97 Å². The Morgan fingerprint density at radius 3 is 2.83 bits per heavy atom. The van der Waals surface area contributed by atoms with Crippen molar-refractivity contribution >= 4 is 28.8 Å². The van der Waals surface area contributed by atoms with E-state index in [1.165, 1.54) is 30.7 Å². The molecule has 4 N–H and O–H groups in total. The summed E-state index contributed by atoms with van der Waals surface area (Å²) in [6, 6.07) is 4.02. The fraction of sp³-hybridized carbons (Fsp3) is 0. The Morgan fingerprint density at radius 2 is 2.17 bits per heavy atom. The van der Waals surface area contributed by atoms with E-state index in [-0.39, 0.29) is 10.9 Å². The molecule has 18 heavy (non-hydrogen) atoms. The SMILES string of the molecule is NC(=Nc1ccc(F)c(Cl)c1)c1ncncc1N. The van der Waals surface area contributed by atoms with Crippen LogP contribution >= 0.6 is 11.6 Å². The number of halogens is 2. The average molecular weight is 266 g/mol. The maximum atomic E-state index is 13.0. The summed E-state index contributed by atoms with van der Waals surface area (Å²) in [7, 11) is 0. The van der Waals surface area contributed by atoms with Gasteiger partial charge in [0.2, 0.25) is 0 Å². The number of amidine groups is 1. The normalized spacial score (nSPS) is 11.6. The number of rotatable bonds is 2. The Bertz CT molecular complexity index is 614. The molecule has 0 unspecified atom stereocenters. The van der Waals surface area contributed by atoms with Gasteiger partial charge in [-0.15, -0.1) is 0 Å². The first-order valence-corrected chi connectivity index (χ1v) is 5.31. The highest BCUT2D eigenvalue weighted by Crippen LogP contribution is 2.22. The zero-order valence-corrected chi connectivity index (χ0v) is 9.89. The lowest BCUT2D eigenvalue weighted by Gasteiger charge is -2.03. The first-order valence-electron chi connectivity index (χ1n) is 4.93. The third-order valence-electron chi connectivity index (χ3n) is 2.14. The summed E-state index contributed by atoms with van der Waals surface area (Å²) < 4.78 is 13.0. The molecule has 0 amide bonds. The van der Waals surface area contributed by atoms with Gasteiger partial charge < -0.3 is 11.5 Å². The van der Waals surface area contributed by atoms with E-state index >= 15 is 0 Å². The first-order chi connectivity index (χ1) is 8.58. The van der Waals surface area contributed by atoms with Gasteiger partial charge in [-0.25, -0.2) is 19.4 Å². The van der Waals surface area contributed by atoms with Crippen LogP contribution in [0.4, 0.5) is 15.8 Å². The Balaban J connectivity index is 2.39. The third kappa shape index (κ3) is 2.54. The van der Waals surface area contributed by atoms with Crippen molar-refractivity contribution in [3.63, 3.8) is 0 Å². The van der Waals surface area contributed by atoms with E-state index < -0.39 is 5.82 Å². The summed E-state index contributed by atoms with van der Waals surface area (Å²) in [6.45, 7) is 0. The van der Waals surface area contributed by atoms with Crippen molar-refractivity contribution in [1.29, 1.82) is 0 Å². The van der Waals surface area contributed by atoms with Gasteiger partial charge in [-0.1, -0.05) is 11.6 Å². The molecule has 0 bridgehead atoms. The third-order valence-corrected chi connectivity index (χ3v) is 2.43. The summed E-state index contributed by atoms with van der Waals surface area (Å²) in [5.41, 5.74) is 12.5. The summed E-state index contributed by atoms with van der Waals surface area (Å²) in [5.74, 6) is -0.409. The zero-order chi connectivity index (χ0) is 13.1. The molecule has 0 aliphatic carbocycles. The van der Waals surface area contributed by atoms with Crippen LogP contribution in [0.25, 0.3) is 0 Å². The molecule has 2 aromatic rings. The first kappa shape index (κ1) is 12.3. The number of nitrogen functional groups attached to an aromatic ring is 1. The monoisotopic (exact) mass is 265 g/mol. The minimum absolute atomic E-state index is 0.0280. The summed E-state index contributed by atoms with van der Waals surface area (Å²) in [5, 5.41) is -0.0280. The molecule has 1 aromatic heterocycles. The number of nitrogens with two attached hydrogens (primary N) is 2. The van der Waals surface area contributed by atoms with E-state index in [9.17, 15) is 4.39 Å². The van der Waals surface area contributed by atoms with Crippen LogP contribution in [0, 0.1) is 5.82 Å². The van der Waals surface area contributed by atoms with E-state index in [2.05, 4.69) is 15.0 Å². The van der Waals surface area contributed by atoms with Crippen LogP contribution in [-0.4, -0.2) is 15.8 Å². The minimum Gasteiger partial charge on any atom is -0.396 e. The molecule has 5 nitrogen and oxygen atoms in total. The van der Waals surface area contributed by atoms with Crippen LogP contribution < -0.4 is 11.5 Å². The van der Waals surface area contributed by atoms with Crippen LogP contribution in [-0.2, 0) is 0 Å². The molecule has 92 valence electrons. The molecule has 0 aliphatic rings. The van der Waals surface area contributed by atoms with Crippen molar-refractivity contribution in [2.75, 3.05) is 5.73 Å². The zero-order valence-electron chi connectivity index (χ0n) is 9.14. The van der Waals surface area contributed by atoms with Crippen LogP contribution in [0.5, 0.6) is 0 Å². The van der Waals surface area contributed by atoms with E-state index in [1.54, 1.807) is 0 Å². The molecule has 0 fully saturated rings. The van der Waals surface area contributed by atoms with Crippen LogP contribution in [0.2, 0.25) is 5.02 Å². The highest BCUT2D eigenvalue weighted by Gasteiger charge is 2.06. The van der Waals surface area contributed by atoms with Crippen molar-refractivity contribution < 1.29 is 4.39 Å². The van der Waals surface area contributed by atoms with Crippen LogP contribution in [0.1, 0.15) is 5.69 Å². The maximum absolute atomic E-state index is 13.0. The molecule has 2 rings (SSSR count). The van der Waals surface area contributed by atoms with Crippen LogP contribution in [0.15, 0.2) is 35.7 Å². The van der Waals surface area contributed by atoms with Gasteiger partial charge in [0, 0.05) is 0 Å². The molecule has 7 heteroatoms. The Labute approximate surface area is 107 Å². The molecular formula is C11H9ClFN5. The number of nitrogens with zero attached hydrogens (tertiary/aromatic N) is 3. The lowest BCUT2D eigenvalue weighted by molar-refractivity contribution is 0.628. The molecule has 1 aromatic carbocycles. The second-order valence-corrected chi connectivity index (χ2v) is 3.83. The highest BCUT2D eigenvalue weighted by molar-refractivity contribution is 6.31. The van der Waals surface area contributed by atoms with Gasteiger partial charge in [0.25, 0.3) is 0 Å². The lowest BCUT2D eigenvalue weighted by Crippen LogP contribution is -2.17. The molecule has 0 spiro atoms. The second-order valence-electron chi connectivity index (χ2n) is 3.42. The molecule has 0 saturated carbocycles. The molecule has 0 saturated heterocycles. The van der Waals surface area contributed by atoms with Gasteiger partial charge in [0.15, 0.2) is 5.84 Å². The van der Waals surface area contributed by atoms with E-state index in [1.807, 2.05) is 0 Å². The number of anilines is 1. The molecular weight excluding hydrogens is 257 g/mol. The quantitative estimate of drug-likeness (QED) is 0.641. The van der Waals surface area contributed by atoms with Gasteiger partial charge in [-0.3, -0.25) is 0 Å². The fourth-order valence-electron chi connectivity index (χ4n) is 1.30. The smallest absolute Gasteiger partial charge is 0.152 e. The number of aromatic nitrogens is 2. The molecule has 0 atom stereocenters. The topological polar surface area (TPSA) is 90.2 Å². The number of hydrogen-bond donors (Lipinski definition) is 2. The highest BCUT2D eigenvalue weighted by atomic mass is 35.5. The van der Waals surface area contributed by atoms with Gasteiger partial charge in [-0.05, 0) is 18.2 Å². The van der Waals surface area contributed by atoms with E-state index in [4.69, 9.17) is 23.1 Å². The van der Waals surface area contributed by atoms with Gasteiger partial charge in [0.1, 0.15) is 17.8 Å². The van der Waals surface area contributed by atoms with Crippen molar-refractivity contribution in [2.45, 2.75) is 0 Å². The Hall–Kier alpha value is -2.21. The number of aliphatic imine (C=N–C) groups is 1. The summed E-state index contributed by atoms with van der Waals surface area (Å²) >= 11 is 5.64. The maximum Gasteiger partial charge on any atom is 0.152 e. The standard InChI is InChI=1S/C11H9ClFN5/c12-7-3-6(1-2-8(7)13)18-11(15)10-9(14)4-16-5-17-10/h1-5H,14H2,(H2,15,18). The largest absolute Gasteiger partial charge is 0.396 e. The van der Waals surface area contributed by atoms with E-state index in [0.717, 1.165) is 0 Å². The average Bonchev–Trinajstić information content (AvgIpc) is 2.34. The Morgan fingerprint density at radius 1 is 1.39 bits per heavy atom. The predicted octanol–water partition coefficient (Wildman–Crippen LogP) is 1.89. The second kappa shape index (κ2) is 4.97. The fourth-order valence-corrected chi connectivity index (χ4v) is 1.48. The van der Waals surface area contributed by atoms with E-state index in [0.29, 0.717) is 17.1 Å². The van der Waals surface area contributed by atoms with Crippen molar-refractivity contribution in [3.8, 4) is 0 Å². The molecule has 0 radical (unpaired) electrons. The van der Waals surface area contributed by atoms with Gasteiger partial charge in [-0.2, -0.15) is 0 Å². The minimum atomic E-state index is -0.518. The molecule has 0 aliphatic heterocycles. The lowest BCUT2D eigenvalue weighted by atomic mass is 10.3. The van der Waals surface area contributed by atoms with Gasteiger partial charge in [0.05, 0.1) is 22.6 Å². The molecule has 1 heterocycles. The van der Waals surface area contributed by atoms with Crippen LogP contribution in [0.3, 0.4) is 0 Å². The number of hydrogen-bond acceptors (Lipinski definition) is 4.